The number of alkyl halides is 3. The Bertz CT molecular complexity index is 1040. The fraction of sp³-hybridized carbons (Fsp3) is 0.348. The molecule has 0 aromatic heterocycles. The third kappa shape index (κ3) is 5.47. The number of carbonyl (C=O) groups excluding carboxylic acids is 2. The number of hydrogen-bond acceptors (Lipinski definition) is 5. The normalized spacial score (nSPS) is 18.1. The van der Waals surface area contributed by atoms with Crippen LogP contribution in [0, 0.1) is 5.41 Å². The van der Waals surface area contributed by atoms with E-state index in [-0.39, 0.29) is 25.4 Å². The number of rotatable bonds is 7. The van der Waals surface area contributed by atoms with Gasteiger partial charge in [0.1, 0.15) is 12.0 Å². The van der Waals surface area contributed by atoms with Crippen LogP contribution < -0.4 is 5.32 Å². The van der Waals surface area contributed by atoms with Crippen molar-refractivity contribution in [2.75, 3.05) is 25.0 Å². The van der Waals surface area contributed by atoms with Crippen LogP contribution in [0.2, 0.25) is 5.02 Å². The molecule has 2 aromatic carbocycles. The first-order valence-corrected chi connectivity index (χ1v) is 10.7. The number of nitrogens with one attached hydrogen (secondary N) is 1. The minimum absolute atomic E-state index is 0.126. The Morgan fingerprint density at radius 1 is 1.12 bits per heavy atom. The van der Waals surface area contributed by atoms with E-state index in [0.717, 1.165) is 12.1 Å². The second-order valence-corrected chi connectivity index (χ2v) is 7.99. The van der Waals surface area contributed by atoms with Crippen molar-refractivity contribution in [1.29, 1.82) is 0 Å². The quantitative estimate of drug-likeness (QED) is 0.566. The molecule has 0 saturated carbocycles. The van der Waals surface area contributed by atoms with Gasteiger partial charge in [0.2, 0.25) is 5.91 Å². The zero-order chi connectivity index (χ0) is 24.2. The highest BCUT2D eigenvalue weighted by molar-refractivity contribution is 6.30. The van der Waals surface area contributed by atoms with Crippen LogP contribution in [0.3, 0.4) is 0 Å². The van der Waals surface area contributed by atoms with Crippen molar-refractivity contribution in [2.24, 2.45) is 10.5 Å². The average Bonchev–Trinajstić information content (AvgIpc) is 3.13. The van der Waals surface area contributed by atoms with Gasteiger partial charge in [0.05, 0.1) is 24.4 Å². The molecule has 6 nitrogen and oxygen atoms in total. The van der Waals surface area contributed by atoms with Crippen LogP contribution in [0.5, 0.6) is 0 Å². The van der Waals surface area contributed by atoms with Gasteiger partial charge < -0.3 is 10.1 Å². The van der Waals surface area contributed by atoms with Gasteiger partial charge in [-0.3, -0.25) is 14.6 Å². The van der Waals surface area contributed by atoms with E-state index in [1.165, 1.54) is 17.1 Å². The number of halogens is 4. The van der Waals surface area contributed by atoms with E-state index < -0.39 is 29.0 Å². The lowest BCUT2D eigenvalue weighted by Gasteiger charge is -2.27. The van der Waals surface area contributed by atoms with E-state index in [2.05, 4.69) is 10.4 Å². The van der Waals surface area contributed by atoms with Gasteiger partial charge >= 0.3 is 12.1 Å². The van der Waals surface area contributed by atoms with E-state index in [1.54, 1.807) is 31.2 Å². The largest absolute Gasteiger partial charge is 0.465 e. The van der Waals surface area contributed by atoms with Gasteiger partial charge in [0.25, 0.3) is 0 Å². The molecule has 0 bridgehead atoms. The van der Waals surface area contributed by atoms with Crippen molar-refractivity contribution < 1.29 is 27.5 Å². The smallest absolute Gasteiger partial charge is 0.416 e. The number of anilines is 1. The molecule has 0 aliphatic carbocycles. The van der Waals surface area contributed by atoms with Crippen LogP contribution in [0.4, 0.5) is 18.9 Å². The highest BCUT2D eigenvalue weighted by Gasteiger charge is 2.49. The summed E-state index contributed by atoms with van der Waals surface area (Å²) in [5, 5.41) is 9.09. The molecular formula is C23H23ClF3N3O3. The minimum Gasteiger partial charge on any atom is -0.465 e. The molecule has 0 fully saturated rings. The highest BCUT2D eigenvalue weighted by atomic mass is 35.5. The molecule has 1 aliphatic heterocycles. The summed E-state index contributed by atoms with van der Waals surface area (Å²) >= 11 is 5.99. The molecule has 1 atom stereocenters. The van der Waals surface area contributed by atoms with Gasteiger partial charge in [0, 0.05) is 10.7 Å². The first-order chi connectivity index (χ1) is 15.6. The Balaban J connectivity index is 1.80. The highest BCUT2D eigenvalue weighted by Crippen LogP contribution is 2.36. The van der Waals surface area contributed by atoms with Gasteiger partial charge in [-0.05, 0) is 55.3 Å². The monoisotopic (exact) mass is 481 g/mol. The zero-order valence-corrected chi connectivity index (χ0v) is 18.8. The molecule has 1 unspecified atom stereocenters. The molecule has 1 amide bonds. The van der Waals surface area contributed by atoms with Gasteiger partial charge in [-0.25, -0.2) is 0 Å². The fourth-order valence-corrected chi connectivity index (χ4v) is 3.78. The van der Waals surface area contributed by atoms with E-state index in [1.807, 2.05) is 6.92 Å². The standard InChI is InChI=1S/C23H23ClF3N3O3/c1-3-22(21(32)33-4-2)14-30(29-20(22)15-5-9-17(24)10-6-15)13-19(31)28-18-11-7-16(8-12-18)23(25,26)27/h5-12H,3-4,13-14H2,1-2H3,(H,28,31). The number of benzene rings is 2. The summed E-state index contributed by atoms with van der Waals surface area (Å²) in [6.45, 7) is 3.68. The van der Waals surface area contributed by atoms with Crippen molar-refractivity contribution in [1.82, 2.24) is 5.01 Å². The van der Waals surface area contributed by atoms with Crippen LogP contribution in [-0.2, 0) is 20.5 Å². The third-order valence-electron chi connectivity index (χ3n) is 5.36. The van der Waals surface area contributed by atoms with E-state index in [0.29, 0.717) is 22.7 Å². The summed E-state index contributed by atoms with van der Waals surface area (Å²) in [5.41, 5.74) is -0.499. The topological polar surface area (TPSA) is 71.0 Å². The lowest BCUT2D eigenvalue weighted by atomic mass is 9.78. The van der Waals surface area contributed by atoms with Crippen molar-refractivity contribution in [3.8, 4) is 0 Å². The van der Waals surface area contributed by atoms with Crippen LogP contribution in [0.15, 0.2) is 53.6 Å². The molecular weight excluding hydrogens is 459 g/mol. The Kier molecular flexibility index (Phi) is 7.31. The Morgan fingerprint density at radius 2 is 1.76 bits per heavy atom. The first-order valence-electron chi connectivity index (χ1n) is 10.3. The number of amides is 1. The third-order valence-corrected chi connectivity index (χ3v) is 5.61. The summed E-state index contributed by atoms with van der Waals surface area (Å²) in [7, 11) is 0. The molecule has 0 saturated heterocycles. The molecule has 33 heavy (non-hydrogen) atoms. The second kappa shape index (κ2) is 9.82. The summed E-state index contributed by atoms with van der Waals surface area (Å²) in [6.07, 6.45) is -4.06. The van der Waals surface area contributed by atoms with Gasteiger partial charge in [-0.2, -0.15) is 18.3 Å². The number of nitrogens with zero attached hydrogens (tertiary/aromatic N) is 2. The van der Waals surface area contributed by atoms with Crippen LogP contribution in [-0.4, -0.2) is 42.3 Å². The van der Waals surface area contributed by atoms with Crippen LogP contribution in [0.1, 0.15) is 31.4 Å². The molecule has 2 aromatic rings. The molecule has 1 N–H and O–H groups in total. The van der Waals surface area contributed by atoms with E-state index in [4.69, 9.17) is 16.3 Å². The maximum absolute atomic E-state index is 12.9. The van der Waals surface area contributed by atoms with Gasteiger partial charge in [-0.1, -0.05) is 30.7 Å². The number of carbonyl (C=O) groups is 2. The number of hydrazone groups is 1. The Hall–Kier alpha value is -3.07. The molecule has 1 aliphatic rings. The Morgan fingerprint density at radius 3 is 2.30 bits per heavy atom. The van der Waals surface area contributed by atoms with Crippen molar-refractivity contribution in [3.63, 3.8) is 0 Å². The van der Waals surface area contributed by atoms with Crippen molar-refractivity contribution in [3.05, 3.63) is 64.7 Å². The number of hydrogen-bond donors (Lipinski definition) is 1. The lowest BCUT2D eigenvalue weighted by molar-refractivity contribution is -0.151. The lowest BCUT2D eigenvalue weighted by Crippen LogP contribution is -2.43. The van der Waals surface area contributed by atoms with Crippen molar-refractivity contribution >= 4 is 34.9 Å². The number of ether oxygens (including phenoxy) is 1. The first kappa shape index (κ1) is 24.6. The molecule has 0 radical (unpaired) electrons. The molecule has 1 heterocycles. The summed E-state index contributed by atoms with van der Waals surface area (Å²) in [4.78, 5) is 25.5. The van der Waals surface area contributed by atoms with Crippen molar-refractivity contribution in [2.45, 2.75) is 26.4 Å². The summed E-state index contributed by atoms with van der Waals surface area (Å²) < 4.78 is 43.5. The molecule has 10 heteroatoms. The maximum atomic E-state index is 12.9. The van der Waals surface area contributed by atoms with Gasteiger partial charge in [0.15, 0.2) is 0 Å². The molecule has 3 rings (SSSR count). The van der Waals surface area contributed by atoms with Crippen LogP contribution >= 0.6 is 11.6 Å². The SMILES string of the molecule is CCOC(=O)C1(CC)CN(CC(=O)Nc2ccc(C(F)(F)F)cc2)N=C1c1ccc(Cl)cc1. The fourth-order valence-electron chi connectivity index (χ4n) is 3.65. The zero-order valence-electron chi connectivity index (χ0n) is 18.1. The van der Waals surface area contributed by atoms with Crippen LogP contribution in [0.25, 0.3) is 0 Å². The van der Waals surface area contributed by atoms with E-state index >= 15 is 0 Å². The minimum atomic E-state index is -4.46. The summed E-state index contributed by atoms with van der Waals surface area (Å²) in [6, 6.07) is 11.0. The summed E-state index contributed by atoms with van der Waals surface area (Å²) in [5.74, 6) is -0.920. The number of esters is 1. The van der Waals surface area contributed by atoms with E-state index in [9.17, 15) is 22.8 Å². The second-order valence-electron chi connectivity index (χ2n) is 7.56. The Labute approximate surface area is 194 Å². The average molecular weight is 482 g/mol. The van der Waals surface area contributed by atoms with Gasteiger partial charge in [-0.15, -0.1) is 0 Å². The molecule has 176 valence electrons. The predicted octanol–water partition coefficient (Wildman–Crippen LogP) is 4.98. The predicted molar refractivity (Wildman–Crippen MR) is 119 cm³/mol. The maximum Gasteiger partial charge on any atom is 0.416 e. The molecule has 0 spiro atoms.